The monoisotopic (exact) mass is 268 g/mol. The highest BCUT2D eigenvalue weighted by molar-refractivity contribution is 6.30. The molecule has 0 aromatic heterocycles. The van der Waals surface area contributed by atoms with Crippen LogP contribution < -0.4 is 5.32 Å². The van der Waals surface area contributed by atoms with Gasteiger partial charge in [-0.15, -0.1) is 0 Å². The van der Waals surface area contributed by atoms with Gasteiger partial charge in [-0.25, -0.2) is 0 Å². The molecule has 1 N–H and O–H groups in total. The van der Waals surface area contributed by atoms with E-state index in [2.05, 4.69) is 44.1 Å². The number of likely N-dealkylation sites (N-methyl/N-ethyl adjacent to an activating group) is 1. The lowest BCUT2D eigenvalue weighted by molar-refractivity contribution is 0.293. The van der Waals surface area contributed by atoms with Crippen LogP contribution in [0.1, 0.15) is 32.8 Å². The number of nitrogens with one attached hydrogen (secondary N) is 1. The number of nitrogens with zero attached hydrogens (tertiary/aromatic N) is 1. The summed E-state index contributed by atoms with van der Waals surface area (Å²) in [5.74, 6) is 0. The van der Waals surface area contributed by atoms with E-state index in [4.69, 9.17) is 11.6 Å². The van der Waals surface area contributed by atoms with E-state index in [9.17, 15) is 0 Å². The van der Waals surface area contributed by atoms with Gasteiger partial charge in [-0.3, -0.25) is 0 Å². The highest BCUT2D eigenvalue weighted by Gasteiger charge is 2.13. The lowest BCUT2D eigenvalue weighted by Crippen LogP contribution is -2.42. The van der Waals surface area contributed by atoms with Gasteiger partial charge in [-0.1, -0.05) is 30.7 Å². The molecular formula is C15H25ClN2. The third-order valence-corrected chi connectivity index (χ3v) is 3.56. The second kappa shape index (κ2) is 7.13. The van der Waals surface area contributed by atoms with Crippen LogP contribution in [0.15, 0.2) is 24.3 Å². The number of benzene rings is 1. The van der Waals surface area contributed by atoms with Crippen molar-refractivity contribution in [1.29, 1.82) is 0 Å². The molecule has 0 unspecified atom stereocenters. The number of hydrogen-bond acceptors (Lipinski definition) is 2. The molecule has 0 atom stereocenters. The Balaban J connectivity index is 2.32. The van der Waals surface area contributed by atoms with Crippen LogP contribution in [0.4, 0.5) is 0 Å². The average molecular weight is 269 g/mol. The van der Waals surface area contributed by atoms with E-state index in [-0.39, 0.29) is 5.54 Å². The predicted octanol–water partition coefficient (Wildman–Crippen LogP) is 3.55. The molecule has 0 aliphatic rings. The minimum atomic E-state index is 0.233. The molecule has 2 nitrogen and oxygen atoms in total. The third-order valence-electron chi connectivity index (χ3n) is 3.32. The summed E-state index contributed by atoms with van der Waals surface area (Å²) < 4.78 is 0. The van der Waals surface area contributed by atoms with E-state index < -0.39 is 0 Å². The molecule has 0 amide bonds. The fraction of sp³-hybridized carbons (Fsp3) is 0.600. The van der Waals surface area contributed by atoms with Crippen molar-refractivity contribution in [2.24, 2.45) is 0 Å². The Hall–Kier alpha value is -0.570. The Bertz CT molecular complexity index is 363. The van der Waals surface area contributed by atoms with Gasteiger partial charge in [0.1, 0.15) is 0 Å². The molecule has 0 saturated heterocycles. The van der Waals surface area contributed by atoms with E-state index in [1.165, 1.54) is 5.56 Å². The Morgan fingerprint density at radius 1 is 1.33 bits per heavy atom. The zero-order valence-corrected chi connectivity index (χ0v) is 12.7. The van der Waals surface area contributed by atoms with E-state index in [0.29, 0.717) is 0 Å². The second-order valence-corrected chi connectivity index (χ2v) is 5.97. The highest BCUT2D eigenvalue weighted by Crippen LogP contribution is 2.12. The van der Waals surface area contributed by atoms with Gasteiger partial charge in [0.2, 0.25) is 0 Å². The van der Waals surface area contributed by atoms with E-state index in [1.54, 1.807) is 0 Å². The predicted molar refractivity (Wildman–Crippen MR) is 80.2 cm³/mol. The quantitative estimate of drug-likeness (QED) is 0.814. The van der Waals surface area contributed by atoms with Crippen molar-refractivity contribution in [1.82, 2.24) is 10.2 Å². The maximum atomic E-state index is 5.98. The molecule has 0 heterocycles. The Morgan fingerprint density at radius 3 is 2.67 bits per heavy atom. The van der Waals surface area contributed by atoms with Gasteiger partial charge in [0.25, 0.3) is 0 Å². The molecule has 0 bridgehead atoms. The van der Waals surface area contributed by atoms with Crippen molar-refractivity contribution in [3.05, 3.63) is 34.9 Å². The van der Waals surface area contributed by atoms with Crippen LogP contribution in [0.25, 0.3) is 0 Å². The summed E-state index contributed by atoms with van der Waals surface area (Å²) in [6.07, 6.45) is 1.14. The largest absolute Gasteiger partial charge is 0.311 e. The first-order chi connectivity index (χ1) is 8.43. The Morgan fingerprint density at radius 2 is 2.06 bits per heavy atom. The fourth-order valence-electron chi connectivity index (χ4n) is 1.74. The van der Waals surface area contributed by atoms with Crippen LogP contribution >= 0.6 is 11.6 Å². The lowest BCUT2D eigenvalue weighted by Gasteiger charge is -2.26. The molecule has 0 radical (unpaired) electrons. The molecule has 1 rings (SSSR count). The standard InChI is InChI=1S/C15H25ClN2/c1-5-15(2,3)17-9-10-18(4)12-13-7-6-8-14(16)11-13/h6-8,11,17H,5,9-10,12H2,1-4H3. The molecule has 102 valence electrons. The molecule has 0 aliphatic heterocycles. The van der Waals surface area contributed by atoms with Crippen LogP contribution in [0, 0.1) is 0 Å². The summed E-state index contributed by atoms with van der Waals surface area (Å²) in [4.78, 5) is 2.31. The fourth-order valence-corrected chi connectivity index (χ4v) is 1.95. The first-order valence-corrected chi connectivity index (χ1v) is 6.99. The molecule has 0 fully saturated rings. The van der Waals surface area contributed by atoms with Crippen LogP contribution in [-0.2, 0) is 6.54 Å². The summed E-state index contributed by atoms with van der Waals surface area (Å²) in [7, 11) is 2.14. The second-order valence-electron chi connectivity index (χ2n) is 5.53. The van der Waals surface area contributed by atoms with Crippen molar-refractivity contribution in [2.75, 3.05) is 20.1 Å². The van der Waals surface area contributed by atoms with Gasteiger partial charge < -0.3 is 10.2 Å². The molecule has 1 aromatic rings. The minimum Gasteiger partial charge on any atom is -0.311 e. The molecule has 0 saturated carbocycles. The first-order valence-electron chi connectivity index (χ1n) is 6.61. The molecule has 1 aromatic carbocycles. The summed E-state index contributed by atoms with van der Waals surface area (Å²) in [6, 6.07) is 8.06. The van der Waals surface area contributed by atoms with Gasteiger partial charge in [0, 0.05) is 30.2 Å². The van der Waals surface area contributed by atoms with Crippen LogP contribution in [-0.4, -0.2) is 30.6 Å². The number of halogens is 1. The normalized spacial score (nSPS) is 12.1. The number of rotatable bonds is 7. The molecule has 18 heavy (non-hydrogen) atoms. The van der Waals surface area contributed by atoms with Crippen LogP contribution in [0.5, 0.6) is 0 Å². The van der Waals surface area contributed by atoms with Crippen LogP contribution in [0.3, 0.4) is 0 Å². The first kappa shape index (κ1) is 15.5. The summed E-state index contributed by atoms with van der Waals surface area (Å²) >= 11 is 5.98. The summed E-state index contributed by atoms with van der Waals surface area (Å²) in [5.41, 5.74) is 1.50. The average Bonchev–Trinajstić information content (AvgIpc) is 2.28. The van der Waals surface area contributed by atoms with Crippen LogP contribution in [0.2, 0.25) is 5.02 Å². The topological polar surface area (TPSA) is 15.3 Å². The van der Waals surface area contributed by atoms with Crippen molar-refractivity contribution in [3.63, 3.8) is 0 Å². The van der Waals surface area contributed by atoms with E-state index in [0.717, 1.165) is 31.1 Å². The van der Waals surface area contributed by atoms with E-state index >= 15 is 0 Å². The van der Waals surface area contributed by atoms with E-state index in [1.807, 2.05) is 18.2 Å². The maximum absolute atomic E-state index is 5.98. The van der Waals surface area contributed by atoms with Crippen molar-refractivity contribution < 1.29 is 0 Å². The van der Waals surface area contributed by atoms with Gasteiger partial charge in [-0.05, 0) is 45.0 Å². The zero-order valence-electron chi connectivity index (χ0n) is 12.0. The third kappa shape index (κ3) is 5.85. The van der Waals surface area contributed by atoms with Crippen molar-refractivity contribution in [2.45, 2.75) is 39.3 Å². The minimum absolute atomic E-state index is 0.233. The SMILES string of the molecule is CCC(C)(C)NCCN(C)Cc1cccc(Cl)c1. The van der Waals surface area contributed by atoms with Gasteiger partial charge >= 0.3 is 0 Å². The number of hydrogen-bond donors (Lipinski definition) is 1. The highest BCUT2D eigenvalue weighted by atomic mass is 35.5. The van der Waals surface area contributed by atoms with Crippen molar-refractivity contribution in [3.8, 4) is 0 Å². The Kier molecular flexibility index (Phi) is 6.13. The van der Waals surface area contributed by atoms with Gasteiger partial charge in [0.05, 0.1) is 0 Å². The summed E-state index contributed by atoms with van der Waals surface area (Å²) in [6.45, 7) is 9.68. The molecular weight excluding hydrogens is 244 g/mol. The molecule has 3 heteroatoms. The molecule has 0 spiro atoms. The Labute approximate surface area is 116 Å². The zero-order chi connectivity index (χ0) is 13.6. The van der Waals surface area contributed by atoms with Gasteiger partial charge in [0.15, 0.2) is 0 Å². The van der Waals surface area contributed by atoms with Crippen molar-refractivity contribution >= 4 is 11.6 Å². The maximum Gasteiger partial charge on any atom is 0.0409 e. The summed E-state index contributed by atoms with van der Waals surface area (Å²) in [5, 5.41) is 4.38. The molecule has 0 aliphatic carbocycles. The smallest absolute Gasteiger partial charge is 0.0409 e. The lowest BCUT2D eigenvalue weighted by atomic mass is 10.0. The van der Waals surface area contributed by atoms with Gasteiger partial charge in [-0.2, -0.15) is 0 Å².